The van der Waals surface area contributed by atoms with Crippen LogP contribution in [-0.2, 0) is 67.3 Å². The second-order valence-electron chi connectivity index (χ2n) is 17.3. The maximum Gasteiger partial charge on any atom is 0.193 e. The minimum atomic E-state index is 0.296. The summed E-state index contributed by atoms with van der Waals surface area (Å²) in [5, 5.41) is 26.1. The highest BCUT2D eigenvalue weighted by Gasteiger charge is 2.09. The van der Waals surface area contributed by atoms with Crippen LogP contribution in [0.5, 0.6) is 0 Å². The van der Waals surface area contributed by atoms with Crippen LogP contribution < -0.4 is 0 Å². The molecule has 0 unspecified atom stereocenters. The lowest BCUT2D eigenvalue weighted by Gasteiger charge is -1.98. The summed E-state index contributed by atoms with van der Waals surface area (Å²) in [6.45, 7) is 0. The van der Waals surface area contributed by atoms with Crippen LogP contribution in [0, 0.1) is 0 Å². The van der Waals surface area contributed by atoms with E-state index in [-0.39, 0.29) is 0 Å². The zero-order valence-electron chi connectivity index (χ0n) is 49.2. The third-order valence-electron chi connectivity index (χ3n) is 10.1. The zero-order chi connectivity index (χ0) is 61.4. The smallest absolute Gasteiger partial charge is 0.193 e. The van der Waals surface area contributed by atoms with Crippen LogP contribution in [0.25, 0.3) is 0 Å². The minimum Gasteiger partial charge on any atom is -0.287 e. The summed E-state index contributed by atoms with van der Waals surface area (Å²) in [4.78, 5) is 68.6. The van der Waals surface area contributed by atoms with E-state index in [4.69, 9.17) is 0 Å². The molecule has 6 rings (SSSR count). The van der Waals surface area contributed by atoms with Gasteiger partial charge in [0.25, 0.3) is 0 Å². The second kappa shape index (κ2) is 61.0. The van der Waals surface area contributed by atoms with Crippen LogP contribution in [0.2, 0.25) is 0 Å². The molecular weight excluding hydrogens is 1390 g/mol. The average Bonchev–Trinajstić information content (AvgIpc) is 4.37. The third kappa shape index (κ3) is 52.1. The van der Waals surface area contributed by atoms with E-state index in [0.29, 0.717) is 69.2 Å². The van der Waals surface area contributed by atoms with Gasteiger partial charge in [-0.05, 0) is 245 Å². The molecule has 0 saturated carbocycles. The fraction of sp³-hybridized carbons (Fsp3) is 0.500. The average molecular weight is 1480 g/mol. The van der Waals surface area contributed by atoms with Gasteiger partial charge in [0, 0.05) is 73.0 Å². The van der Waals surface area contributed by atoms with Gasteiger partial charge in [0.05, 0.1) is 0 Å². The predicted octanol–water partition coefficient (Wildman–Crippen LogP) is 19.8. The Hall–Kier alpha value is 0.420. The van der Waals surface area contributed by atoms with E-state index in [1.165, 1.54) is 70.6 Å². The molecule has 0 aliphatic rings. The normalized spacial score (nSPS) is 10.4. The summed E-state index contributed by atoms with van der Waals surface area (Å²) in [7, 11) is 0. The SMILES string of the molecule is CSCCCSC(=O)Cc1ccsc1.CSCCCSC(=O)Cc1ccsc1.CSCCCSC(=O)Cc1ccsc1.CSCCCSC(=O)Cc1ccsc1.CSCCCSC(=O)Cc1ccsc1.CSCCCSC(=O)Cc1ccsc1. The molecule has 468 valence electrons. The number of rotatable bonds is 36. The molecule has 0 aliphatic heterocycles. The van der Waals surface area contributed by atoms with Crippen molar-refractivity contribution in [1.82, 2.24) is 0 Å². The summed E-state index contributed by atoms with van der Waals surface area (Å²) in [5.74, 6) is 12.7. The Morgan fingerprint density at radius 1 is 0.250 bits per heavy atom. The Bertz CT molecular complexity index is 1970. The van der Waals surface area contributed by atoms with E-state index < -0.39 is 0 Å². The molecular formula is C60H84O6S18. The molecule has 0 aliphatic carbocycles. The van der Waals surface area contributed by atoms with Crippen LogP contribution in [-0.4, -0.2) is 137 Å². The van der Waals surface area contributed by atoms with Crippen LogP contribution in [0.3, 0.4) is 0 Å². The van der Waals surface area contributed by atoms with Crippen molar-refractivity contribution in [2.24, 2.45) is 0 Å². The first-order valence-electron chi connectivity index (χ1n) is 26.9. The van der Waals surface area contributed by atoms with Crippen molar-refractivity contribution < 1.29 is 28.8 Å². The van der Waals surface area contributed by atoms with E-state index in [2.05, 4.69) is 37.5 Å². The fourth-order valence-electron chi connectivity index (χ4n) is 6.00. The van der Waals surface area contributed by atoms with Gasteiger partial charge in [0.1, 0.15) is 0 Å². The molecule has 0 amide bonds. The standard InChI is InChI=1S/6C10H14OS3/c6*1-12-4-2-5-14-10(11)7-9-3-6-13-8-9/h6*3,6,8H,2,4-5,7H2,1H3. The maximum absolute atomic E-state index is 11.4. The number of thiophene rings is 6. The lowest BCUT2D eigenvalue weighted by molar-refractivity contribution is -0.111. The first-order chi connectivity index (χ1) is 41.0. The molecule has 0 spiro atoms. The molecule has 6 aromatic heterocycles. The minimum absolute atomic E-state index is 0.296. The molecule has 6 aromatic rings. The Morgan fingerprint density at radius 2 is 0.393 bits per heavy atom. The van der Waals surface area contributed by atoms with Crippen LogP contribution >= 0.6 is 209 Å². The van der Waals surface area contributed by atoms with Gasteiger partial charge < -0.3 is 0 Å². The van der Waals surface area contributed by atoms with E-state index in [9.17, 15) is 28.8 Å². The van der Waals surface area contributed by atoms with Crippen molar-refractivity contribution in [1.29, 1.82) is 0 Å². The van der Waals surface area contributed by atoms with E-state index in [1.807, 2.05) is 172 Å². The van der Waals surface area contributed by atoms with Crippen molar-refractivity contribution in [3.05, 3.63) is 134 Å². The van der Waals surface area contributed by atoms with Gasteiger partial charge in [-0.2, -0.15) is 139 Å². The first kappa shape index (κ1) is 82.4. The highest BCUT2D eigenvalue weighted by molar-refractivity contribution is 8.15. The summed E-state index contributed by atoms with van der Waals surface area (Å²) in [5.41, 5.74) is 6.90. The number of carbonyl (C=O) groups is 6. The first-order valence-corrected chi connectivity index (χ1v) is 46.8. The zero-order valence-corrected chi connectivity index (χ0v) is 63.9. The molecule has 0 radical (unpaired) electrons. The van der Waals surface area contributed by atoms with Crippen molar-refractivity contribution in [2.45, 2.75) is 77.0 Å². The van der Waals surface area contributed by atoms with Crippen molar-refractivity contribution >= 4 is 240 Å². The molecule has 6 nitrogen and oxygen atoms in total. The molecule has 0 fully saturated rings. The molecule has 0 saturated heterocycles. The van der Waals surface area contributed by atoms with Crippen molar-refractivity contribution in [3.8, 4) is 0 Å². The van der Waals surface area contributed by atoms with Gasteiger partial charge in [0.2, 0.25) is 0 Å². The fourth-order valence-corrected chi connectivity index (χ4v) is 18.4. The molecule has 0 aromatic carbocycles. The highest BCUT2D eigenvalue weighted by Crippen LogP contribution is 2.19. The topological polar surface area (TPSA) is 102 Å². The molecule has 0 N–H and O–H groups in total. The largest absolute Gasteiger partial charge is 0.287 e. The Labute approximate surface area is 579 Å². The summed E-state index contributed by atoms with van der Waals surface area (Å²) < 4.78 is 0. The third-order valence-corrected chi connectivity index (χ3v) is 24.4. The molecule has 6 heterocycles. The Morgan fingerprint density at radius 3 is 0.500 bits per heavy atom. The van der Waals surface area contributed by atoms with Gasteiger partial charge in [-0.15, -0.1) is 0 Å². The molecule has 24 heteroatoms. The maximum atomic E-state index is 11.4. The number of hydrogen-bond donors (Lipinski definition) is 0. The van der Waals surface area contributed by atoms with Crippen molar-refractivity contribution in [2.75, 3.05) is 107 Å². The quantitative estimate of drug-likeness (QED) is 0.0348. The Kier molecular flexibility index (Phi) is 59.8. The molecule has 0 bridgehead atoms. The number of thioether (sulfide) groups is 12. The van der Waals surface area contributed by atoms with Gasteiger partial charge in [-0.1, -0.05) is 70.6 Å². The van der Waals surface area contributed by atoms with Gasteiger partial charge >= 0.3 is 0 Å². The predicted molar refractivity (Wildman–Crippen MR) is 411 cm³/mol. The van der Waals surface area contributed by atoms with Crippen molar-refractivity contribution in [3.63, 3.8) is 0 Å². The van der Waals surface area contributed by atoms with Crippen LogP contribution in [0.4, 0.5) is 0 Å². The Balaban J connectivity index is 0.000000504. The summed E-state index contributed by atoms with van der Waals surface area (Å²) in [6, 6.07) is 12.1. The number of hydrogen-bond acceptors (Lipinski definition) is 24. The molecule has 0 atom stereocenters. The summed E-state index contributed by atoms with van der Waals surface area (Å²) >= 11 is 29.7. The molecule has 84 heavy (non-hydrogen) atoms. The lowest BCUT2D eigenvalue weighted by Crippen LogP contribution is -1.98. The van der Waals surface area contributed by atoms with E-state index in [1.54, 1.807) is 68.0 Å². The second-order valence-corrected chi connectivity index (χ2v) is 34.8. The summed E-state index contributed by atoms with van der Waals surface area (Å²) in [6.07, 6.45) is 22.9. The van der Waals surface area contributed by atoms with Crippen LogP contribution in [0.1, 0.15) is 71.9 Å². The monoisotopic (exact) mass is 1480 g/mol. The van der Waals surface area contributed by atoms with E-state index >= 15 is 0 Å². The van der Waals surface area contributed by atoms with Gasteiger partial charge in [-0.3, -0.25) is 28.8 Å². The lowest BCUT2D eigenvalue weighted by atomic mass is 10.3. The van der Waals surface area contributed by atoms with Gasteiger partial charge in [0.15, 0.2) is 30.7 Å². The van der Waals surface area contributed by atoms with Gasteiger partial charge in [-0.25, -0.2) is 0 Å². The van der Waals surface area contributed by atoms with E-state index in [0.717, 1.165) is 141 Å². The highest BCUT2D eigenvalue weighted by atomic mass is 32.2. The number of carbonyl (C=O) groups excluding carboxylic acids is 6. The van der Waals surface area contributed by atoms with Crippen LogP contribution in [0.15, 0.2) is 101 Å².